The third-order valence-corrected chi connectivity index (χ3v) is 4.61. The molecule has 2 rings (SSSR count). The van der Waals surface area contributed by atoms with Crippen LogP contribution in [0.2, 0.25) is 0 Å². The van der Waals surface area contributed by atoms with Gasteiger partial charge in [-0.1, -0.05) is 46.8 Å². The van der Waals surface area contributed by atoms with Gasteiger partial charge in [0.05, 0.1) is 5.92 Å². The molecule has 2 amide bonds. The second kappa shape index (κ2) is 8.50. The van der Waals surface area contributed by atoms with Crippen molar-refractivity contribution in [2.45, 2.75) is 47.5 Å². The number of hydrogen-bond acceptors (Lipinski definition) is 2. The Kier molecular flexibility index (Phi) is 6.63. The molecule has 1 atom stereocenters. The highest BCUT2D eigenvalue weighted by Crippen LogP contribution is 2.27. The first-order valence-corrected chi connectivity index (χ1v) is 9.49. The second-order valence-corrected chi connectivity index (χ2v) is 7.96. The fourth-order valence-electron chi connectivity index (χ4n) is 3.43. The molecule has 1 aliphatic rings. The zero-order chi connectivity index (χ0) is 18.6. The second-order valence-electron chi connectivity index (χ2n) is 7.96. The van der Waals surface area contributed by atoms with Gasteiger partial charge in [-0.15, -0.1) is 0 Å². The summed E-state index contributed by atoms with van der Waals surface area (Å²) in [5, 5.41) is 0. The summed E-state index contributed by atoms with van der Waals surface area (Å²) in [5.74, 6) is 0.811. The van der Waals surface area contributed by atoms with Gasteiger partial charge in [-0.05, 0) is 36.0 Å². The number of carbonyl (C=O) groups is 2. The lowest BCUT2D eigenvalue weighted by Crippen LogP contribution is -2.41. The van der Waals surface area contributed by atoms with E-state index in [2.05, 4.69) is 46.8 Å². The zero-order valence-corrected chi connectivity index (χ0v) is 16.3. The van der Waals surface area contributed by atoms with E-state index in [0.29, 0.717) is 24.8 Å². The number of carbonyl (C=O) groups excluding carboxylic acids is 2. The Hall–Kier alpha value is -1.84. The topological polar surface area (TPSA) is 40.6 Å². The molecule has 1 heterocycles. The van der Waals surface area contributed by atoms with Gasteiger partial charge in [-0.3, -0.25) is 9.59 Å². The van der Waals surface area contributed by atoms with Gasteiger partial charge in [-0.25, -0.2) is 0 Å². The Morgan fingerprint density at radius 2 is 1.68 bits per heavy atom. The predicted molar refractivity (Wildman–Crippen MR) is 103 cm³/mol. The molecule has 0 bridgehead atoms. The molecule has 1 fully saturated rings. The first kappa shape index (κ1) is 19.5. The Labute approximate surface area is 152 Å². The van der Waals surface area contributed by atoms with Gasteiger partial charge in [0.15, 0.2) is 0 Å². The summed E-state index contributed by atoms with van der Waals surface area (Å²) in [7, 11) is 0. The van der Waals surface area contributed by atoms with Gasteiger partial charge >= 0.3 is 0 Å². The van der Waals surface area contributed by atoms with Gasteiger partial charge in [0.1, 0.15) is 0 Å². The van der Waals surface area contributed by atoms with Crippen molar-refractivity contribution in [1.29, 1.82) is 0 Å². The summed E-state index contributed by atoms with van der Waals surface area (Å²) in [6.07, 6.45) is 1.30. The molecule has 0 unspecified atom stereocenters. The van der Waals surface area contributed by atoms with E-state index in [-0.39, 0.29) is 17.7 Å². The number of nitrogens with zero attached hydrogens (tertiary/aromatic N) is 2. The standard InChI is InChI=1S/C21H32N2O2/c1-6-17-7-9-19(10-8-17)23-14-18(11-20(23)24)21(25)22(12-15(2)3)13-16(4)5/h7-10,15-16,18H,6,11-14H2,1-5H3/t18-/m0/s1. The van der Waals surface area contributed by atoms with Crippen molar-refractivity contribution >= 4 is 17.5 Å². The third-order valence-electron chi connectivity index (χ3n) is 4.61. The Morgan fingerprint density at radius 3 is 2.16 bits per heavy atom. The van der Waals surface area contributed by atoms with Crippen molar-refractivity contribution in [2.75, 3.05) is 24.5 Å². The molecule has 0 spiro atoms. The lowest BCUT2D eigenvalue weighted by atomic mass is 10.0. The molecule has 138 valence electrons. The van der Waals surface area contributed by atoms with Crippen LogP contribution in [0.5, 0.6) is 0 Å². The van der Waals surface area contributed by atoms with Crippen LogP contribution in [-0.4, -0.2) is 36.3 Å². The van der Waals surface area contributed by atoms with E-state index in [0.717, 1.165) is 25.2 Å². The molecule has 1 saturated heterocycles. The molecule has 25 heavy (non-hydrogen) atoms. The van der Waals surface area contributed by atoms with Gasteiger partial charge in [0, 0.05) is 31.7 Å². The van der Waals surface area contributed by atoms with Crippen molar-refractivity contribution in [3.8, 4) is 0 Å². The first-order chi connectivity index (χ1) is 11.8. The number of rotatable bonds is 7. The highest BCUT2D eigenvalue weighted by atomic mass is 16.2. The molecule has 4 nitrogen and oxygen atoms in total. The fourth-order valence-corrected chi connectivity index (χ4v) is 3.43. The van der Waals surface area contributed by atoms with Gasteiger partial charge in [0.25, 0.3) is 0 Å². The summed E-state index contributed by atoms with van der Waals surface area (Å²) in [5.41, 5.74) is 2.15. The van der Waals surface area contributed by atoms with Crippen LogP contribution >= 0.6 is 0 Å². The van der Waals surface area contributed by atoms with Gasteiger partial charge in [0.2, 0.25) is 11.8 Å². The van der Waals surface area contributed by atoms with Crippen molar-refractivity contribution in [2.24, 2.45) is 17.8 Å². The molecule has 4 heteroatoms. The van der Waals surface area contributed by atoms with Crippen molar-refractivity contribution in [3.63, 3.8) is 0 Å². The number of aryl methyl sites for hydroxylation is 1. The smallest absolute Gasteiger partial charge is 0.228 e. The average Bonchev–Trinajstić information content (AvgIpc) is 2.94. The molecular formula is C21H32N2O2. The van der Waals surface area contributed by atoms with Crippen molar-refractivity contribution < 1.29 is 9.59 Å². The van der Waals surface area contributed by atoms with Crippen LogP contribution in [-0.2, 0) is 16.0 Å². The van der Waals surface area contributed by atoms with Crippen molar-refractivity contribution in [3.05, 3.63) is 29.8 Å². The zero-order valence-electron chi connectivity index (χ0n) is 16.3. The molecule has 0 saturated carbocycles. The Morgan fingerprint density at radius 1 is 1.12 bits per heavy atom. The number of hydrogen-bond donors (Lipinski definition) is 0. The number of anilines is 1. The molecule has 0 N–H and O–H groups in total. The van der Waals surface area contributed by atoms with Crippen LogP contribution in [0.4, 0.5) is 5.69 Å². The molecule has 1 aromatic rings. The van der Waals surface area contributed by atoms with Gasteiger partial charge < -0.3 is 9.80 Å². The Balaban J connectivity index is 2.09. The van der Waals surface area contributed by atoms with Crippen LogP contribution in [0.15, 0.2) is 24.3 Å². The average molecular weight is 344 g/mol. The minimum absolute atomic E-state index is 0.0524. The summed E-state index contributed by atoms with van der Waals surface area (Å²) in [4.78, 5) is 29.2. The van der Waals surface area contributed by atoms with Crippen molar-refractivity contribution in [1.82, 2.24) is 4.90 Å². The lowest BCUT2D eigenvalue weighted by molar-refractivity contribution is -0.136. The monoisotopic (exact) mass is 344 g/mol. The summed E-state index contributed by atoms with van der Waals surface area (Å²) >= 11 is 0. The molecule has 1 aliphatic heterocycles. The number of benzene rings is 1. The third kappa shape index (κ3) is 5.07. The normalized spacial score (nSPS) is 17.6. The van der Waals surface area contributed by atoms with Crippen LogP contribution < -0.4 is 4.90 Å². The van der Waals surface area contributed by atoms with Crippen LogP contribution in [0.3, 0.4) is 0 Å². The maximum Gasteiger partial charge on any atom is 0.228 e. The highest BCUT2D eigenvalue weighted by Gasteiger charge is 2.37. The van der Waals surface area contributed by atoms with E-state index in [9.17, 15) is 9.59 Å². The minimum Gasteiger partial charge on any atom is -0.342 e. The van der Waals surface area contributed by atoms with Gasteiger partial charge in [-0.2, -0.15) is 0 Å². The number of amides is 2. The predicted octanol–water partition coefficient (Wildman–Crippen LogP) is 3.74. The fraction of sp³-hybridized carbons (Fsp3) is 0.619. The highest BCUT2D eigenvalue weighted by molar-refractivity contribution is 6.00. The summed E-state index contributed by atoms with van der Waals surface area (Å²) < 4.78 is 0. The molecule has 0 radical (unpaired) electrons. The van der Waals surface area contributed by atoms with E-state index in [1.165, 1.54) is 5.56 Å². The Bertz CT molecular complexity index is 582. The minimum atomic E-state index is -0.226. The van der Waals surface area contributed by atoms with E-state index in [1.54, 1.807) is 4.90 Å². The van der Waals surface area contributed by atoms with E-state index >= 15 is 0 Å². The maximum atomic E-state index is 13.0. The summed E-state index contributed by atoms with van der Waals surface area (Å²) in [6.45, 7) is 12.6. The van der Waals surface area contributed by atoms with Crippen LogP contribution in [0.25, 0.3) is 0 Å². The first-order valence-electron chi connectivity index (χ1n) is 9.49. The molecular weight excluding hydrogens is 312 g/mol. The van der Waals surface area contributed by atoms with E-state index in [1.807, 2.05) is 17.0 Å². The SMILES string of the molecule is CCc1ccc(N2C[C@@H](C(=O)N(CC(C)C)CC(C)C)CC2=O)cc1. The van der Waals surface area contributed by atoms with E-state index < -0.39 is 0 Å². The van der Waals surface area contributed by atoms with Crippen LogP contribution in [0, 0.1) is 17.8 Å². The largest absolute Gasteiger partial charge is 0.342 e. The van der Waals surface area contributed by atoms with Crippen LogP contribution in [0.1, 0.15) is 46.6 Å². The summed E-state index contributed by atoms with van der Waals surface area (Å²) in [6, 6.07) is 8.09. The lowest BCUT2D eigenvalue weighted by Gasteiger charge is -2.28. The van der Waals surface area contributed by atoms with E-state index in [4.69, 9.17) is 0 Å². The maximum absolute atomic E-state index is 13.0. The quantitative estimate of drug-likeness (QED) is 0.756. The molecule has 1 aromatic carbocycles. The molecule has 0 aliphatic carbocycles. The molecule has 0 aromatic heterocycles.